The molecule has 0 saturated heterocycles. The summed E-state index contributed by atoms with van der Waals surface area (Å²) in [5, 5.41) is 2.56. The number of hydrogen-bond acceptors (Lipinski definition) is 2. The molecule has 7 aromatic rings. The Morgan fingerprint density at radius 2 is 1.04 bits per heavy atom. The fraction of sp³-hybridized carbons (Fsp3) is 0.160. The maximum Gasteiger partial charge on any atom is 0.273 e. The van der Waals surface area contributed by atoms with E-state index in [-0.39, 0.29) is 17.5 Å². The number of anilines is 5. The Kier molecular flexibility index (Phi) is 7.86. The van der Waals surface area contributed by atoms with Crippen LogP contribution < -0.4 is 20.7 Å². The van der Waals surface area contributed by atoms with Crippen LogP contribution >= 0.6 is 0 Å². The van der Waals surface area contributed by atoms with Crippen molar-refractivity contribution >= 4 is 73.5 Å². The Bertz CT molecular complexity index is 2580. The largest absolute Gasteiger partial charge is 0.319 e. The molecule has 0 spiro atoms. The van der Waals surface area contributed by atoms with Crippen LogP contribution in [0.2, 0.25) is 0 Å². The Hall–Kier alpha value is -6.00. The highest BCUT2D eigenvalue weighted by atomic mass is 15.2. The summed E-state index contributed by atoms with van der Waals surface area (Å²) in [6, 6.07) is 51.7. The van der Waals surface area contributed by atoms with Crippen LogP contribution in [0.1, 0.15) is 52.7 Å². The number of para-hydroxylation sites is 3. The number of rotatable bonds is 5. The molecule has 4 heteroatoms. The van der Waals surface area contributed by atoms with E-state index in [0.29, 0.717) is 0 Å². The van der Waals surface area contributed by atoms with Gasteiger partial charge in [-0.2, -0.15) is 0 Å². The molecule has 2 aliphatic heterocycles. The molecular formula is C50H46BN3. The van der Waals surface area contributed by atoms with Gasteiger partial charge in [-0.25, -0.2) is 0 Å². The van der Waals surface area contributed by atoms with Gasteiger partial charge < -0.3 is 14.4 Å². The second kappa shape index (κ2) is 12.6. The van der Waals surface area contributed by atoms with Crippen molar-refractivity contribution in [3.05, 3.63) is 181 Å². The summed E-state index contributed by atoms with van der Waals surface area (Å²) in [6.45, 7) is 17.9. The van der Waals surface area contributed by atoms with E-state index in [1.165, 1.54) is 66.5 Å². The average molecular weight is 700 g/mol. The summed E-state index contributed by atoms with van der Waals surface area (Å²) in [5.41, 5.74) is 15.8. The fourth-order valence-electron chi connectivity index (χ4n) is 8.61. The summed E-state index contributed by atoms with van der Waals surface area (Å²) in [4.78, 5) is 4.92. The van der Waals surface area contributed by atoms with Crippen molar-refractivity contribution in [2.75, 3.05) is 9.80 Å². The fourth-order valence-corrected chi connectivity index (χ4v) is 8.61. The molecule has 0 atom stereocenters. The minimum absolute atomic E-state index is 0.00731. The molecule has 3 nitrogen and oxygen atoms in total. The summed E-state index contributed by atoms with van der Waals surface area (Å²) in [6.07, 6.45) is 6.25. The van der Waals surface area contributed by atoms with E-state index in [1.54, 1.807) is 0 Å². The van der Waals surface area contributed by atoms with Crippen LogP contribution in [0.5, 0.6) is 0 Å². The summed E-state index contributed by atoms with van der Waals surface area (Å²) in [7, 11) is 0. The zero-order valence-corrected chi connectivity index (χ0v) is 32.1. The SMILES string of the molecule is C=C/C=C\C1=C(n2c3ccc(C(C)(C)C)cc3c3cc(C(C)(C)C)ccc32)B2c3ccccc3N(c3ccccc3)c3cccc(c32)N1c1ccccc1. The van der Waals surface area contributed by atoms with Crippen LogP contribution in [0, 0.1) is 0 Å². The molecule has 0 bridgehead atoms. The van der Waals surface area contributed by atoms with Gasteiger partial charge in [-0.1, -0.05) is 133 Å². The Balaban J connectivity index is 1.47. The number of aromatic nitrogens is 1. The van der Waals surface area contributed by atoms with E-state index < -0.39 is 0 Å². The van der Waals surface area contributed by atoms with Crippen LogP contribution in [-0.4, -0.2) is 11.3 Å². The minimum Gasteiger partial charge on any atom is -0.319 e. The Morgan fingerprint density at radius 3 is 1.59 bits per heavy atom. The van der Waals surface area contributed by atoms with Gasteiger partial charge in [0.05, 0.1) is 16.7 Å². The Labute approximate surface area is 320 Å². The van der Waals surface area contributed by atoms with Crippen LogP contribution in [0.25, 0.3) is 27.4 Å². The maximum absolute atomic E-state index is 4.14. The molecular weight excluding hydrogens is 653 g/mol. The molecule has 2 aliphatic rings. The van der Waals surface area contributed by atoms with Crippen molar-refractivity contribution in [1.29, 1.82) is 0 Å². The predicted molar refractivity (Wildman–Crippen MR) is 234 cm³/mol. The van der Waals surface area contributed by atoms with Crippen molar-refractivity contribution in [2.45, 2.75) is 52.4 Å². The van der Waals surface area contributed by atoms with E-state index >= 15 is 0 Å². The summed E-state index contributed by atoms with van der Waals surface area (Å²) in [5.74, 6) is 0. The highest BCUT2D eigenvalue weighted by molar-refractivity contribution is 7.02. The molecule has 54 heavy (non-hydrogen) atoms. The molecule has 0 radical (unpaired) electrons. The van der Waals surface area contributed by atoms with Gasteiger partial charge in [0.1, 0.15) is 0 Å². The monoisotopic (exact) mass is 699 g/mol. The lowest BCUT2D eigenvalue weighted by Crippen LogP contribution is -2.56. The van der Waals surface area contributed by atoms with Gasteiger partial charge >= 0.3 is 0 Å². The van der Waals surface area contributed by atoms with E-state index in [2.05, 4.69) is 214 Å². The number of hydrogen-bond donors (Lipinski definition) is 0. The van der Waals surface area contributed by atoms with Gasteiger partial charge in [0.25, 0.3) is 6.71 Å². The normalized spacial score (nSPS) is 14.3. The third-order valence-electron chi connectivity index (χ3n) is 11.3. The molecule has 0 unspecified atom stereocenters. The van der Waals surface area contributed by atoms with Crippen molar-refractivity contribution in [1.82, 2.24) is 4.57 Å². The molecule has 0 aliphatic carbocycles. The lowest BCUT2D eigenvalue weighted by atomic mass is 9.34. The first kappa shape index (κ1) is 33.8. The molecule has 9 rings (SSSR count). The molecule has 0 N–H and O–H groups in total. The first-order valence-corrected chi connectivity index (χ1v) is 19.1. The van der Waals surface area contributed by atoms with Crippen molar-refractivity contribution in [3.63, 3.8) is 0 Å². The van der Waals surface area contributed by atoms with Crippen molar-refractivity contribution in [2.24, 2.45) is 0 Å². The van der Waals surface area contributed by atoms with E-state index in [4.69, 9.17) is 0 Å². The van der Waals surface area contributed by atoms with E-state index in [1.807, 2.05) is 6.08 Å². The topological polar surface area (TPSA) is 11.4 Å². The molecule has 264 valence electrons. The van der Waals surface area contributed by atoms with Crippen LogP contribution in [0.15, 0.2) is 170 Å². The number of nitrogens with zero attached hydrogens (tertiary/aromatic N) is 3. The Morgan fingerprint density at radius 1 is 0.537 bits per heavy atom. The van der Waals surface area contributed by atoms with Gasteiger partial charge in [0, 0.05) is 44.8 Å². The minimum atomic E-state index is -0.0693. The standard InChI is InChI=1S/C50H46BN3/c1-8-9-24-46-48(54-41-30-28-34(49(2,3)4)32-38(41)39-33-35(50(5,6)7)29-31-42(39)54)51-40-23-16-17-25-43(40)52(36-19-12-10-13-20-36)44-26-18-27-45(47(44)51)53(46)37-21-14-11-15-22-37/h8-33H,1H2,2-7H3/b24-9-. The summed E-state index contributed by atoms with van der Waals surface area (Å²) < 4.78 is 2.58. The van der Waals surface area contributed by atoms with Gasteiger partial charge in [0.15, 0.2) is 0 Å². The maximum atomic E-state index is 4.14. The highest BCUT2D eigenvalue weighted by Crippen LogP contribution is 2.47. The second-order valence-electron chi connectivity index (χ2n) is 16.7. The smallest absolute Gasteiger partial charge is 0.273 e. The number of allylic oxidation sites excluding steroid dienone is 3. The van der Waals surface area contributed by atoms with Crippen molar-refractivity contribution < 1.29 is 0 Å². The molecule has 6 aromatic carbocycles. The molecule has 0 fully saturated rings. The third kappa shape index (κ3) is 5.27. The third-order valence-corrected chi connectivity index (χ3v) is 11.3. The quantitative estimate of drug-likeness (QED) is 0.131. The molecule has 0 saturated carbocycles. The van der Waals surface area contributed by atoms with E-state index in [0.717, 1.165) is 17.1 Å². The van der Waals surface area contributed by atoms with Crippen LogP contribution in [0.4, 0.5) is 28.4 Å². The first-order chi connectivity index (χ1) is 26.1. The van der Waals surface area contributed by atoms with Gasteiger partial charge in [-0.05, 0) is 106 Å². The van der Waals surface area contributed by atoms with E-state index in [9.17, 15) is 0 Å². The van der Waals surface area contributed by atoms with Gasteiger partial charge in [-0.3, -0.25) is 0 Å². The van der Waals surface area contributed by atoms with Gasteiger partial charge in [-0.15, -0.1) is 0 Å². The predicted octanol–water partition coefficient (Wildman–Crippen LogP) is 12.1. The zero-order chi connectivity index (χ0) is 37.4. The lowest BCUT2D eigenvalue weighted by molar-refractivity contribution is 0.590. The van der Waals surface area contributed by atoms with Gasteiger partial charge in [0.2, 0.25) is 0 Å². The van der Waals surface area contributed by atoms with Crippen LogP contribution in [0.3, 0.4) is 0 Å². The van der Waals surface area contributed by atoms with Crippen molar-refractivity contribution in [3.8, 4) is 0 Å². The van der Waals surface area contributed by atoms with Crippen LogP contribution in [-0.2, 0) is 10.8 Å². The lowest BCUT2D eigenvalue weighted by Gasteiger charge is -2.45. The molecule has 3 heterocycles. The second-order valence-corrected chi connectivity index (χ2v) is 16.7. The zero-order valence-electron chi connectivity index (χ0n) is 32.1. The summed E-state index contributed by atoms with van der Waals surface area (Å²) >= 11 is 0. The first-order valence-electron chi connectivity index (χ1n) is 19.1. The molecule has 1 aromatic heterocycles. The number of fused-ring (bicyclic) bond motifs is 5. The molecule has 0 amide bonds. The highest BCUT2D eigenvalue weighted by Gasteiger charge is 2.45. The number of benzene rings is 6. The average Bonchev–Trinajstić information content (AvgIpc) is 3.50.